The number of nitrogens with zero attached hydrogens (tertiary/aromatic N) is 4. The van der Waals surface area contributed by atoms with Gasteiger partial charge in [-0.05, 0) is 30.7 Å². The number of hydrogen-bond donors (Lipinski definition) is 1. The van der Waals surface area contributed by atoms with Crippen molar-refractivity contribution < 1.29 is 9.53 Å². The van der Waals surface area contributed by atoms with E-state index in [4.69, 9.17) is 4.74 Å². The molecule has 0 saturated carbocycles. The first-order valence-electron chi connectivity index (χ1n) is 8.61. The summed E-state index contributed by atoms with van der Waals surface area (Å²) in [7, 11) is 0. The lowest BCUT2D eigenvalue weighted by molar-refractivity contribution is 0.102. The van der Waals surface area contributed by atoms with Gasteiger partial charge in [0, 0.05) is 18.0 Å². The third kappa shape index (κ3) is 4.66. The van der Waals surface area contributed by atoms with E-state index in [0.29, 0.717) is 23.8 Å². The minimum atomic E-state index is -0.221. The number of rotatable bonds is 8. The van der Waals surface area contributed by atoms with E-state index < -0.39 is 0 Å². The molecule has 0 spiro atoms. The zero-order chi connectivity index (χ0) is 18.2. The average molecular weight is 351 g/mol. The molecule has 0 bridgehead atoms. The number of unbranched alkanes of at least 4 members (excludes halogenated alkanes) is 2. The van der Waals surface area contributed by atoms with Gasteiger partial charge in [-0.25, -0.2) is 15.0 Å². The molecule has 0 aliphatic heterocycles. The summed E-state index contributed by atoms with van der Waals surface area (Å²) in [5, 5.41) is 2.78. The molecule has 0 unspecified atom stereocenters. The monoisotopic (exact) mass is 351 g/mol. The van der Waals surface area contributed by atoms with Crippen LogP contribution in [-0.4, -0.2) is 32.0 Å². The van der Waals surface area contributed by atoms with Crippen LogP contribution in [0.4, 0.5) is 5.69 Å². The molecule has 2 heterocycles. The van der Waals surface area contributed by atoms with Crippen molar-refractivity contribution in [2.45, 2.75) is 26.2 Å². The lowest BCUT2D eigenvalue weighted by Gasteiger charge is -2.08. The predicted molar refractivity (Wildman–Crippen MR) is 98.6 cm³/mol. The number of amides is 1. The van der Waals surface area contributed by atoms with Gasteiger partial charge in [0.25, 0.3) is 5.91 Å². The highest BCUT2D eigenvalue weighted by molar-refractivity contribution is 6.04. The third-order valence-corrected chi connectivity index (χ3v) is 3.76. The Labute approximate surface area is 152 Å². The van der Waals surface area contributed by atoms with Crippen LogP contribution < -0.4 is 10.1 Å². The molecule has 0 fully saturated rings. The van der Waals surface area contributed by atoms with Gasteiger partial charge in [-0.15, -0.1) is 0 Å². The fourth-order valence-corrected chi connectivity index (χ4v) is 2.34. The zero-order valence-corrected chi connectivity index (χ0v) is 14.6. The summed E-state index contributed by atoms with van der Waals surface area (Å²) in [6.45, 7) is 2.85. The molecule has 3 aromatic rings. The maximum atomic E-state index is 12.3. The molecule has 1 N–H and O–H groups in total. The summed E-state index contributed by atoms with van der Waals surface area (Å²) in [6, 6.07) is 7.09. The van der Waals surface area contributed by atoms with Crippen molar-refractivity contribution in [2.24, 2.45) is 0 Å². The Bertz CT molecular complexity index is 814. The topological polar surface area (TPSA) is 81.9 Å². The Kier molecular flexibility index (Phi) is 5.92. The first-order valence-corrected chi connectivity index (χ1v) is 8.61. The minimum absolute atomic E-state index is 0.221. The van der Waals surface area contributed by atoms with Crippen LogP contribution in [0.1, 0.15) is 36.5 Å². The van der Waals surface area contributed by atoms with Crippen molar-refractivity contribution in [3.05, 3.63) is 60.9 Å². The second kappa shape index (κ2) is 8.75. The number of carbonyl (C=O) groups excluding carboxylic acids is 1. The SMILES string of the molecule is CCCCCOc1ccc(C(=O)Nc2cnc(-n3ccnc3)nc2)cc1. The lowest BCUT2D eigenvalue weighted by Crippen LogP contribution is -2.12. The number of aromatic nitrogens is 4. The van der Waals surface area contributed by atoms with Crippen molar-refractivity contribution in [2.75, 3.05) is 11.9 Å². The van der Waals surface area contributed by atoms with Gasteiger partial charge in [0.15, 0.2) is 0 Å². The molecular weight excluding hydrogens is 330 g/mol. The second-order valence-electron chi connectivity index (χ2n) is 5.78. The summed E-state index contributed by atoms with van der Waals surface area (Å²) in [4.78, 5) is 24.7. The fraction of sp³-hybridized carbons (Fsp3) is 0.263. The second-order valence-corrected chi connectivity index (χ2v) is 5.78. The molecule has 7 heteroatoms. The fourth-order valence-electron chi connectivity index (χ4n) is 2.34. The lowest BCUT2D eigenvalue weighted by atomic mass is 10.2. The van der Waals surface area contributed by atoms with Gasteiger partial charge in [-0.1, -0.05) is 19.8 Å². The van der Waals surface area contributed by atoms with Crippen LogP contribution in [0.3, 0.4) is 0 Å². The van der Waals surface area contributed by atoms with Crippen molar-refractivity contribution in [1.82, 2.24) is 19.5 Å². The summed E-state index contributed by atoms with van der Waals surface area (Å²) in [5.74, 6) is 1.04. The van der Waals surface area contributed by atoms with Crippen molar-refractivity contribution >= 4 is 11.6 Å². The zero-order valence-electron chi connectivity index (χ0n) is 14.6. The molecule has 134 valence electrons. The van der Waals surface area contributed by atoms with Crippen LogP contribution in [0.15, 0.2) is 55.4 Å². The highest BCUT2D eigenvalue weighted by Gasteiger charge is 2.08. The normalized spacial score (nSPS) is 10.5. The van der Waals surface area contributed by atoms with E-state index in [0.717, 1.165) is 25.0 Å². The van der Waals surface area contributed by atoms with Crippen molar-refractivity contribution in [3.8, 4) is 11.7 Å². The highest BCUT2D eigenvalue weighted by Crippen LogP contribution is 2.14. The predicted octanol–water partition coefficient (Wildman–Crippen LogP) is 3.48. The number of hydrogen-bond acceptors (Lipinski definition) is 5. The quantitative estimate of drug-likeness (QED) is 0.628. The molecule has 0 aliphatic rings. The maximum absolute atomic E-state index is 12.3. The number of carbonyl (C=O) groups is 1. The van der Waals surface area contributed by atoms with E-state index in [-0.39, 0.29) is 5.91 Å². The highest BCUT2D eigenvalue weighted by atomic mass is 16.5. The first kappa shape index (κ1) is 17.6. The third-order valence-electron chi connectivity index (χ3n) is 3.76. The number of anilines is 1. The van der Waals surface area contributed by atoms with Gasteiger partial charge in [-0.3, -0.25) is 9.36 Å². The van der Waals surface area contributed by atoms with Crippen molar-refractivity contribution in [1.29, 1.82) is 0 Å². The Morgan fingerprint density at radius 1 is 1.15 bits per heavy atom. The van der Waals surface area contributed by atoms with Gasteiger partial charge in [0.05, 0.1) is 24.7 Å². The Morgan fingerprint density at radius 2 is 1.92 bits per heavy atom. The summed E-state index contributed by atoms with van der Waals surface area (Å²) < 4.78 is 7.34. The molecule has 2 aromatic heterocycles. The van der Waals surface area contributed by atoms with E-state index in [2.05, 4.69) is 27.2 Å². The number of nitrogens with one attached hydrogen (secondary N) is 1. The average Bonchev–Trinajstić information content (AvgIpc) is 3.21. The van der Waals surface area contributed by atoms with E-state index in [1.165, 1.54) is 0 Å². The summed E-state index contributed by atoms with van der Waals surface area (Å²) in [5.41, 5.74) is 1.07. The minimum Gasteiger partial charge on any atom is -0.494 e. The Hall–Kier alpha value is -3.22. The molecule has 26 heavy (non-hydrogen) atoms. The first-order chi connectivity index (χ1) is 12.8. The number of benzene rings is 1. The van der Waals surface area contributed by atoms with Crippen LogP contribution in [0.5, 0.6) is 5.75 Å². The van der Waals surface area contributed by atoms with Gasteiger partial charge < -0.3 is 10.1 Å². The van der Waals surface area contributed by atoms with E-state index in [1.54, 1.807) is 59.9 Å². The van der Waals surface area contributed by atoms with Crippen LogP contribution in [0, 0.1) is 0 Å². The van der Waals surface area contributed by atoms with Gasteiger partial charge in [0.2, 0.25) is 5.95 Å². The molecule has 1 amide bonds. The molecule has 0 radical (unpaired) electrons. The molecular formula is C19H21N5O2. The smallest absolute Gasteiger partial charge is 0.255 e. The van der Waals surface area contributed by atoms with Gasteiger partial charge >= 0.3 is 0 Å². The van der Waals surface area contributed by atoms with E-state index >= 15 is 0 Å². The molecule has 1 aromatic carbocycles. The number of ether oxygens (including phenoxy) is 1. The largest absolute Gasteiger partial charge is 0.494 e. The molecule has 0 saturated heterocycles. The van der Waals surface area contributed by atoms with Gasteiger partial charge in [-0.2, -0.15) is 0 Å². The standard InChI is InChI=1S/C19H21N5O2/c1-2-3-4-11-26-17-7-5-15(6-8-17)18(25)23-16-12-21-19(22-13-16)24-10-9-20-14-24/h5-10,12-14H,2-4,11H2,1H3,(H,23,25). The Balaban J connectivity index is 1.56. The Morgan fingerprint density at radius 3 is 2.58 bits per heavy atom. The van der Waals surface area contributed by atoms with E-state index in [9.17, 15) is 4.79 Å². The maximum Gasteiger partial charge on any atom is 0.255 e. The van der Waals surface area contributed by atoms with Crippen LogP contribution >= 0.6 is 0 Å². The summed E-state index contributed by atoms with van der Waals surface area (Å²) >= 11 is 0. The van der Waals surface area contributed by atoms with Gasteiger partial charge in [0.1, 0.15) is 12.1 Å². The van der Waals surface area contributed by atoms with E-state index in [1.807, 2.05) is 0 Å². The van der Waals surface area contributed by atoms with Crippen LogP contribution in [0.25, 0.3) is 5.95 Å². The molecule has 7 nitrogen and oxygen atoms in total. The number of imidazole rings is 1. The molecule has 0 aliphatic carbocycles. The van der Waals surface area contributed by atoms with Crippen LogP contribution in [0.2, 0.25) is 0 Å². The molecule has 3 rings (SSSR count). The summed E-state index contributed by atoms with van der Waals surface area (Å²) in [6.07, 6.45) is 11.5. The van der Waals surface area contributed by atoms with Crippen molar-refractivity contribution in [3.63, 3.8) is 0 Å². The van der Waals surface area contributed by atoms with Crippen LogP contribution in [-0.2, 0) is 0 Å². The molecule has 0 atom stereocenters.